The summed E-state index contributed by atoms with van der Waals surface area (Å²) in [5.74, 6) is 0.603. The van der Waals surface area contributed by atoms with Gasteiger partial charge in [0, 0.05) is 12.5 Å². The topological polar surface area (TPSA) is 36.3 Å². The van der Waals surface area contributed by atoms with Crippen LogP contribution in [0, 0.1) is 27.6 Å². The minimum atomic E-state index is 0.00651. The number of rotatable bonds is 8. The van der Waals surface area contributed by atoms with Crippen molar-refractivity contribution in [1.82, 2.24) is 4.90 Å². The zero-order valence-electron chi connectivity index (χ0n) is 17.5. The van der Waals surface area contributed by atoms with E-state index in [1.807, 2.05) is 0 Å². The molecule has 0 heterocycles. The maximum atomic E-state index is 8.58. The van der Waals surface area contributed by atoms with Crippen molar-refractivity contribution in [2.75, 3.05) is 26.2 Å². The van der Waals surface area contributed by atoms with E-state index in [-0.39, 0.29) is 22.2 Å². The van der Waals surface area contributed by atoms with Crippen molar-refractivity contribution in [3.05, 3.63) is 0 Å². The average Bonchev–Trinajstić information content (AvgIpc) is 2.38. The van der Waals surface area contributed by atoms with Gasteiger partial charge in [-0.1, -0.05) is 69.2 Å². The predicted octanol–water partition coefficient (Wildman–Crippen LogP) is 5.45. The maximum absolute atomic E-state index is 8.58. The summed E-state index contributed by atoms with van der Waals surface area (Å²) in [5, 5.41) is 8.58. The van der Waals surface area contributed by atoms with Gasteiger partial charge in [-0.3, -0.25) is 5.41 Å². The van der Waals surface area contributed by atoms with Gasteiger partial charge < -0.3 is 9.64 Å². The van der Waals surface area contributed by atoms with E-state index in [1.165, 1.54) is 0 Å². The Bertz CT molecular complexity index is 357. The first-order chi connectivity index (χ1) is 10.3. The molecule has 0 saturated heterocycles. The first kappa shape index (κ1) is 22.4. The highest BCUT2D eigenvalue weighted by Gasteiger charge is 2.44. The third-order valence-corrected chi connectivity index (χ3v) is 5.50. The molecule has 0 aliphatic rings. The molecule has 1 N–H and O–H groups in total. The summed E-state index contributed by atoms with van der Waals surface area (Å²) in [7, 11) is 0. The molecular weight excluding hydrogens is 284 g/mol. The summed E-state index contributed by atoms with van der Waals surface area (Å²) >= 11 is 0. The SMILES string of the molecule is CCN(CC)CCOC(=N)C(CC(C)(C)C)C(C)(C)C(C)(C)C. The zero-order valence-corrected chi connectivity index (χ0v) is 17.5. The fourth-order valence-electron chi connectivity index (χ4n) is 2.74. The van der Waals surface area contributed by atoms with Crippen LogP contribution in [0.5, 0.6) is 0 Å². The Kier molecular flexibility index (Phi) is 8.29. The molecule has 0 saturated carbocycles. The van der Waals surface area contributed by atoms with Crippen LogP contribution in [-0.4, -0.2) is 37.0 Å². The normalized spacial score (nSPS) is 14.9. The monoisotopic (exact) mass is 326 g/mol. The van der Waals surface area contributed by atoms with Crippen LogP contribution < -0.4 is 0 Å². The third kappa shape index (κ3) is 7.24. The second-order valence-electron chi connectivity index (χ2n) is 9.53. The van der Waals surface area contributed by atoms with Crippen LogP contribution in [-0.2, 0) is 4.74 Å². The van der Waals surface area contributed by atoms with E-state index >= 15 is 0 Å². The molecule has 0 amide bonds. The van der Waals surface area contributed by atoms with E-state index < -0.39 is 0 Å². The average molecular weight is 327 g/mol. The molecule has 0 aromatic carbocycles. The molecule has 0 aromatic rings. The molecule has 0 rings (SSSR count). The molecule has 0 aliphatic heterocycles. The Labute approximate surface area is 145 Å². The molecule has 0 radical (unpaired) electrons. The van der Waals surface area contributed by atoms with E-state index in [1.54, 1.807) is 0 Å². The van der Waals surface area contributed by atoms with Crippen LogP contribution in [0.3, 0.4) is 0 Å². The van der Waals surface area contributed by atoms with Crippen molar-refractivity contribution in [2.45, 2.75) is 75.7 Å². The van der Waals surface area contributed by atoms with E-state index in [0.29, 0.717) is 12.5 Å². The molecule has 3 heteroatoms. The molecule has 0 spiro atoms. The highest BCUT2D eigenvalue weighted by molar-refractivity contribution is 5.76. The Morgan fingerprint density at radius 2 is 1.43 bits per heavy atom. The Morgan fingerprint density at radius 3 is 1.78 bits per heavy atom. The van der Waals surface area contributed by atoms with Crippen LogP contribution in [0.2, 0.25) is 0 Å². The summed E-state index contributed by atoms with van der Waals surface area (Å²) < 4.78 is 5.91. The molecule has 23 heavy (non-hydrogen) atoms. The number of hydrogen-bond donors (Lipinski definition) is 1. The van der Waals surface area contributed by atoms with Crippen molar-refractivity contribution in [2.24, 2.45) is 22.2 Å². The lowest BCUT2D eigenvalue weighted by atomic mass is 9.59. The summed E-state index contributed by atoms with van der Waals surface area (Å²) in [4.78, 5) is 2.33. The standard InChI is InChI=1S/C20H42N2O/c1-11-22(12-2)13-14-23-17(21)16(15-18(3,4)5)20(9,10)19(6,7)8/h16,21H,11-15H2,1-10H3. The minimum absolute atomic E-state index is 0.00651. The third-order valence-electron chi connectivity index (χ3n) is 5.50. The number of nitrogens with one attached hydrogen (secondary N) is 1. The van der Waals surface area contributed by atoms with Crippen molar-refractivity contribution in [3.63, 3.8) is 0 Å². The molecule has 3 nitrogen and oxygen atoms in total. The van der Waals surface area contributed by atoms with Gasteiger partial charge in [0.2, 0.25) is 0 Å². The Balaban J connectivity index is 5.05. The van der Waals surface area contributed by atoms with Gasteiger partial charge >= 0.3 is 0 Å². The fraction of sp³-hybridized carbons (Fsp3) is 0.950. The lowest BCUT2D eigenvalue weighted by Crippen LogP contribution is -2.43. The van der Waals surface area contributed by atoms with Crippen molar-refractivity contribution in [3.8, 4) is 0 Å². The van der Waals surface area contributed by atoms with Gasteiger partial charge in [0.05, 0.1) is 0 Å². The minimum Gasteiger partial charge on any atom is -0.480 e. The van der Waals surface area contributed by atoms with Crippen LogP contribution in [0.25, 0.3) is 0 Å². The second-order valence-corrected chi connectivity index (χ2v) is 9.53. The Morgan fingerprint density at radius 1 is 0.957 bits per heavy atom. The van der Waals surface area contributed by atoms with Crippen LogP contribution in [0.15, 0.2) is 0 Å². The van der Waals surface area contributed by atoms with Gasteiger partial charge in [0.25, 0.3) is 0 Å². The molecule has 1 unspecified atom stereocenters. The lowest BCUT2D eigenvalue weighted by Gasteiger charge is -2.46. The molecule has 0 aliphatic carbocycles. The van der Waals surface area contributed by atoms with E-state index in [4.69, 9.17) is 10.1 Å². The summed E-state index contributed by atoms with van der Waals surface area (Å²) in [6, 6.07) is 0. The van der Waals surface area contributed by atoms with E-state index in [2.05, 4.69) is 74.1 Å². The van der Waals surface area contributed by atoms with Crippen LogP contribution >= 0.6 is 0 Å². The molecule has 138 valence electrons. The fourth-order valence-corrected chi connectivity index (χ4v) is 2.74. The number of nitrogens with zero attached hydrogens (tertiary/aromatic N) is 1. The van der Waals surface area contributed by atoms with Crippen LogP contribution in [0.1, 0.15) is 75.7 Å². The number of ether oxygens (including phenoxy) is 1. The first-order valence-electron chi connectivity index (χ1n) is 9.19. The predicted molar refractivity (Wildman–Crippen MR) is 102 cm³/mol. The highest BCUT2D eigenvalue weighted by Crippen LogP contribution is 2.48. The molecule has 1 atom stereocenters. The molecule has 0 fully saturated rings. The van der Waals surface area contributed by atoms with Gasteiger partial charge in [-0.05, 0) is 35.8 Å². The largest absolute Gasteiger partial charge is 0.480 e. The van der Waals surface area contributed by atoms with Crippen molar-refractivity contribution >= 4 is 5.90 Å². The molecular formula is C20H42N2O. The number of hydrogen-bond acceptors (Lipinski definition) is 3. The zero-order chi connectivity index (χ0) is 18.5. The maximum Gasteiger partial charge on any atom is 0.184 e. The van der Waals surface area contributed by atoms with E-state index in [0.717, 1.165) is 26.1 Å². The van der Waals surface area contributed by atoms with Gasteiger partial charge in [-0.15, -0.1) is 0 Å². The molecule has 0 bridgehead atoms. The first-order valence-corrected chi connectivity index (χ1v) is 9.19. The molecule has 0 aromatic heterocycles. The summed E-state index contributed by atoms with van der Waals surface area (Å²) in [6.07, 6.45) is 0.974. The van der Waals surface area contributed by atoms with Crippen molar-refractivity contribution < 1.29 is 4.74 Å². The summed E-state index contributed by atoms with van der Waals surface area (Å²) in [6.45, 7) is 26.0. The van der Waals surface area contributed by atoms with Gasteiger partial charge in [0.15, 0.2) is 5.90 Å². The quantitative estimate of drug-likeness (QED) is 0.476. The van der Waals surface area contributed by atoms with E-state index in [9.17, 15) is 0 Å². The van der Waals surface area contributed by atoms with Gasteiger partial charge in [-0.25, -0.2) is 0 Å². The van der Waals surface area contributed by atoms with Gasteiger partial charge in [-0.2, -0.15) is 0 Å². The highest BCUT2D eigenvalue weighted by atomic mass is 16.5. The lowest BCUT2D eigenvalue weighted by molar-refractivity contribution is 0.0497. The van der Waals surface area contributed by atoms with Crippen molar-refractivity contribution in [1.29, 1.82) is 5.41 Å². The van der Waals surface area contributed by atoms with Crippen LogP contribution in [0.4, 0.5) is 0 Å². The Hall–Kier alpha value is -0.570. The van der Waals surface area contributed by atoms with Gasteiger partial charge in [0.1, 0.15) is 6.61 Å². The second kappa shape index (κ2) is 8.50. The smallest absolute Gasteiger partial charge is 0.184 e. The number of likely N-dealkylation sites (N-methyl/N-ethyl adjacent to an activating group) is 1. The summed E-state index contributed by atoms with van der Waals surface area (Å²) in [5.41, 5.74) is 0.311.